The largest absolute Gasteiger partial charge is 0.497 e. The van der Waals surface area contributed by atoms with Gasteiger partial charge in [0.25, 0.3) is 0 Å². The third-order valence-electron chi connectivity index (χ3n) is 4.70. The van der Waals surface area contributed by atoms with Gasteiger partial charge in [0.2, 0.25) is 11.8 Å². The molecule has 0 saturated carbocycles. The zero-order chi connectivity index (χ0) is 21.8. The molecule has 0 saturated heterocycles. The Morgan fingerprint density at radius 2 is 1.65 bits per heavy atom. The zero-order valence-electron chi connectivity index (χ0n) is 18.0. The highest BCUT2D eigenvalue weighted by molar-refractivity contribution is 7.99. The second-order valence-corrected chi connectivity index (χ2v) is 8.92. The van der Waals surface area contributed by atoms with E-state index >= 15 is 0 Å². The first-order valence-corrected chi connectivity index (χ1v) is 11.1. The third kappa shape index (κ3) is 4.80. The van der Waals surface area contributed by atoms with Crippen LogP contribution in [-0.4, -0.2) is 32.1 Å². The molecule has 4 aromatic rings. The Hall–Kier alpha value is -3.13. The number of hydrogen-bond acceptors (Lipinski definition) is 7. The Bertz CT molecular complexity index is 1120. The summed E-state index contributed by atoms with van der Waals surface area (Å²) in [6, 6.07) is 17.6. The number of methoxy groups -OCH3 is 1. The number of nitrogens with zero attached hydrogens (tertiary/aromatic N) is 5. The van der Waals surface area contributed by atoms with E-state index in [0.29, 0.717) is 17.7 Å². The van der Waals surface area contributed by atoms with Crippen LogP contribution in [-0.2, 0) is 6.54 Å². The maximum Gasteiger partial charge on any atom is 0.247 e. The fourth-order valence-electron chi connectivity index (χ4n) is 3.16. The van der Waals surface area contributed by atoms with Crippen molar-refractivity contribution < 1.29 is 9.15 Å². The van der Waals surface area contributed by atoms with Gasteiger partial charge in [-0.25, -0.2) is 0 Å². The fraction of sp³-hybridized carbons (Fsp3) is 0.304. The van der Waals surface area contributed by atoms with Crippen LogP contribution in [0, 0.1) is 5.92 Å². The molecule has 0 N–H and O–H groups in total. The summed E-state index contributed by atoms with van der Waals surface area (Å²) in [7, 11) is 1.66. The lowest BCUT2D eigenvalue weighted by Gasteiger charge is -2.14. The second kappa shape index (κ2) is 9.34. The maximum atomic E-state index is 5.93. The summed E-state index contributed by atoms with van der Waals surface area (Å²) in [6.45, 7) is 7.20. The van der Waals surface area contributed by atoms with Crippen molar-refractivity contribution in [1.82, 2.24) is 25.0 Å². The molecule has 0 amide bonds. The second-order valence-electron chi connectivity index (χ2n) is 7.61. The molecule has 0 spiro atoms. The van der Waals surface area contributed by atoms with E-state index in [1.807, 2.05) is 61.5 Å². The first-order valence-electron chi connectivity index (χ1n) is 10.2. The van der Waals surface area contributed by atoms with E-state index in [0.717, 1.165) is 34.4 Å². The number of rotatable bonds is 8. The first-order chi connectivity index (χ1) is 15.0. The fourth-order valence-corrected chi connectivity index (χ4v) is 4.05. The van der Waals surface area contributed by atoms with Crippen LogP contribution in [0.2, 0.25) is 0 Å². The summed E-state index contributed by atoms with van der Waals surface area (Å²) >= 11 is 1.57. The average Bonchev–Trinajstić information content (AvgIpc) is 3.42. The average molecular weight is 436 g/mol. The van der Waals surface area contributed by atoms with Gasteiger partial charge in [0.05, 0.1) is 12.4 Å². The SMILES string of the molecule is COc1ccc(-c2nnc(SC(C)c3nnc(-c4ccccc4)o3)n2CC(C)C)cc1. The quantitative estimate of drug-likeness (QED) is 0.337. The van der Waals surface area contributed by atoms with E-state index in [2.05, 4.69) is 38.8 Å². The van der Waals surface area contributed by atoms with Crippen LogP contribution in [0.25, 0.3) is 22.8 Å². The van der Waals surface area contributed by atoms with Crippen LogP contribution < -0.4 is 4.74 Å². The van der Waals surface area contributed by atoms with E-state index in [4.69, 9.17) is 9.15 Å². The minimum absolute atomic E-state index is 0.0659. The summed E-state index contributed by atoms with van der Waals surface area (Å²) in [4.78, 5) is 0. The Labute approximate surface area is 185 Å². The minimum Gasteiger partial charge on any atom is -0.497 e. The molecule has 1 atom stereocenters. The normalized spacial score (nSPS) is 12.3. The van der Waals surface area contributed by atoms with Gasteiger partial charge in [-0.3, -0.25) is 0 Å². The molecule has 1 unspecified atom stereocenters. The molecule has 0 fully saturated rings. The molecular formula is C23H25N5O2S. The Balaban J connectivity index is 1.59. The molecule has 7 nitrogen and oxygen atoms in total. The van der Waals surface area contributed by atoms with Gasteiger partial charge >= 0.3 is 0 Å². The van der Waals surface area contributed by atoms with Crippen LogP contribution in [0.1, 0.15) is 31.9 Å². The summed E-state index contributed by atoms with van der Waals surface area (Å²) < 4.78 is 13.4. The van der Waals surface area contributed by atoms with Gasteiger partial charge < -0.3 is 13.7 Å². The van der Waals surface area contributed by atoms with Crippen molar-refractivity contribution in [2.75, 3.05) is 7.11 Å². The molecule has 2 aromatic carbocycles. The number of thioether (sulfide) groups is 1. The molecule has 0 bridgehead atoms. The summed E-state index contributed by atoms with van der Waals surface area (Å²) in [5.41, 5.74) is 1.90. The predicted molar refractivity (Wildman–Crippen MR) is 121 cm³/mol. The number of hydrogen-bond donors (Lipinski definition) is 0. The molecule has 31 heavy (non-hydrogen) atoms. The predicted octanol–water partition coefficient (Wildman–Crippen LogP) is 5.51. The van der Waals surface area contributed by atoms with E-state index in [9.17, 15) is 0 Å². The lowest BCUT2D eigenvalue weighted by molar-refractivity contribution is 0.415. The highest BCUT2D eigenvalue weighted by Gasteiger charge is 2.22. The van der Waals surface area contributed by atoms with Crippen LogP contribution >= 0.6 is 11.8 Å². The van der Waals surface area contributed by atoms with Gasteiger partial charge in [0.1, 0.15) is 5.75 Å². The minimum atomic E-state index is -0.0659. The van der Waals surface area contributed by atoms with Crippen molar-refractivity contribution in [1.29, 1.82) is 0 Å². The van der Waals surface area contributed by atoms with Crippen LogP contribution in [0.5, 0.6) is 5.75 Å². The topological polar surface area (TPSA) is 78.9 Å². The Kier molecular flexibility index (Phi) is 6.36. The summed E-state index contributed by atoms with van der Waals surface area (Å²) in [5, 5.41) is 18.2. The van der Waals surface area contributed by atoms with Crippen LogP contribution in [0.4, 0.5) is 0 Å². The van der Waals surface area contributed by atoms with Gasteiger partial charge in [-0.2, -0.15) is 0 Å². The summed E-state index contributed by atoms with van der Waals surface area (Å²) in [5.74, 6) is 3.17. The molecule has 0 aliphatic rings. The molecule has 2 heterocycles. The number of ether oxygens (including phenoxy) is 1. The molecule has 0 aliphatic heterocycles. The third-order valence-corrected chi connectivity index (χ3v) is 5.77. The summed E-state index contributed by atoms with van der Waals surface area (Å²) in [6.07, 6.45) is 0. The zero-order valence-corrected chi connectivity index (χ0v) is 18.8. The van der Waals surface area contributed by atoms with Crippen molar-refractivity contribution in [2.24, 2.45) is 5.92 Å². The van der Waals surface area contributed by atoms with E-state index in [1.54, 1.807) is 18.9 Å². The van der Waals surface area contributed by atoms with Gasteiger partial charge in [-0.15, -0.1) is 20.4 Å². The standard InChI is InChI=1S/C23H25N5O2S/c1-15(2)14-28-20(17-10-12-19(29-4)13-11-17)24-27-23(28)31-16(3)21-25-26-22(30-21)18-8-6-5-7-9-18/h5-13,15-16H,14H2,1-4H3. The highest BCUT2D eigenvalue weighted by Crippen LogP contribution is 2.36. The van der Waals surface area contributed by atoms with Crippen molar-refractivity contribution in [3.8, 4) is 28.6 Å². The maximum absolute atomic E-state index is 5.93. The van der Waals surface area contributed by atoms with Gasteiger partial charge in [-0.05, 0) is 49.2 Å². The lowest BCUT2D eigenvalue weighted by Crippen LogP contribution is -2.08. The molecule has 160 valence electrons. The van der Waals surface area contributed by atoms with Crippen molar-refractivity contribution in [2.45, 2.75) is 37.7 Å². The van der Waals surface area contributed by atoms with Gasteiger partial charge in [0, 0.05) is 17.7 Å². The number of aromatic nitrogens is 5. The smallest absolute Gasteiger partial charge is 0.247 e. The molecule has 0 aliphatic carbocycles. The van der Waals surface area contributed by atoms with Crippen LogP contribution in [0.3, 0.4) is 0 Å². The van der Waals surface area contributed by atoms with Gasteiger partial charge in [0.15, 0.2) is 11.0 Å². The van der Waals surface area contributed by atoms with Gasteiger partial charge in [-0.1, -0.05) is 43.8 Å². The Morgan fingerprint density at radius 3 is 2.32 bits per heavy atom. The van der Waals surface area contributed by atoms with Crippen LogP contribution in [0.15, 0.2) is 64.2 Å². The number of benzene rings is 2. The highest BCUT2D eigenvalue weighted by atomic mass is 32.2. The monoisotopic (exact) mass is 435 g/mol. The van der Waals surface area contributed by atoms with Crippen molar-refractivity contribution >= 4 is 11.8 Å². The lowest BCUT2D eigenvalue weighted by atomic mass is 10.2. The molecule has 2 aromatic heterocycles. The Morgan fingerprint density at radius 1 is 0.903 bits per heavy atom. The molecule has 4 rings (SSSR count). The van der Waals surface area contributed by atoms with E-state index < -0.39 is 0 Å². The van der Waals surface area contributed by atoms with Crippen molar-refractivity contribution in [3.05, 3.63) is 60.5 Å². The molecule has 0 radical (unpaired) electrons. The first kappa shape index (κ1) is 21.1. The van der Waals surface area contributed by atoms with E-state index in [1.165, 1.54) is 0 Å². The molecule has 8 heteroatoms. The molecular weight excluding hydrogens is 410 g/mol. The van der Waals surface area contributed by atoms with Crippen molar-refractivity contribution in [3.63, 3.8) is 0 Å². The van der Waals surface area contributed by atoms with E-state index in [-0.39, 0.29) is 5.25 Å².